The van der Waals surface area contributed by atoms with Crippen molar-refractivity contribution in [1.29, 1.82) is 0 Å². The van der Waals surface area contributed by atoms with Crippen molar-refractivity contribution in [3.63, 3.8) is 0 Å². The maximum Gasteiger partial charge on any atom is 0.226 e. The van der Waals surface area contributed by atoms with Gasteiger partial charge in [0.1, 0.15) is 17.8 Å². The molecule has 0 spiro atoms. The number of aromatic nitrogens is 1. The molecule has 164 valence electrons. The molecular formula is C24H27BrN2O4. The number of oxazole rings is 1. The first-order valence-corrected chi connectivity index (χ1v) is 11.0. The van der Waals surface area contributed by atoms with Gasteiger partial charge in [-0.3, -0.25) is 4.84 Å². The van der Waals surface area contributed by atoms with Crippen molar-refractivity contribution in [3.8, 4) is 17.2 Å². The predicted octanol–water partition coefficient (Wildman–Crippen LogP) is 5.37. The van der Waals surface area contributed by atoms with Crippen LogP contribution in [-0.4, -0.2) is 35.6 Å². The highest BCUT2D eigenvalue weighted by Gasteiger charge is 2.12. The van der Waals surface area contributed by atoms with Crippen LogP contribution in [-0.2, 0) is 22.6 Å². The van der Waals surface area contributed by atoms with Crippen LogP contribution in [0.25, 0.3) is 11.5 Å². The Labute approximate surface area is 191 Å². The van der Waals surface area contributed by atoms with Gasteiger partial charge in [0.2, 0.25) is 5.89 Å². The van der Waals surface area contributed by atoms with Crippen molar-refractivity contribution in [2.45, 2.75) is 39.8 Å². The summed E-state index contributed by atoms with van der Waals surface area (Å²) in [6, 6.07) is 15.7. The summed E-state index contributed by atoms with van der Waals surface area (Å²) < 4.78 is 12.8. The summed E-state index contributed by atoms with van der Waals surface area (Å²) >= 11 is 3.48. The lowest BCUT2D eigenvalue weighted by atomic mass is 10.2. The molecule has 0 saturated carbocycles. The SMILES string of the molecule is Cc1oc(-c2cccc(Br)c2)nc1CCOc1cccc(CN(CC=O)OC(C)C)c1. The van der Waals surface area contributed by atoms with Gasteiger partial charge in [-0.15, -0.1) is 0 Å². The van der Waals surface area contributed by atoms with Gasteiger partial charge in [0.05, 0.1) is 24.9 Å². The van der Waals surface area contributed by atoms with Crippen molar-refractivity contribution in [1.82, 2.24) is 10.0 Å². The summed E-state index contributed by atoms with van der Waals surface area (Å²) in [7, 11) is 0. The fourth-order valence-corrected chi connectivity index (χ4v) is 3.53. The van der Waals surface area contributed by atoms with Gasteiger partial charge in [-0.2, -0.15) is 5.06 Å². The van der Waals surface area contributed by atoms with Crippen LogP contribution in [0, 0.1) is 6.92 Å². The Balaban J connectivity index is 1.58. The predicted molar refractivity (Wildman–Crippen MR) is 123 cm³/mol. The summed E-state index contributed by atoms with van der Waals surface area (Å²) in [6.45, 7) is 6.99. The number of carbonyl (C=O) groups excluding carboxylic acids is 1. The van der Waals surface area contributed by atoms with E-state index in [0.717, 1.165) is 39.1 Å². The first-order valence-electron chi connectivity index (χ1n) is 10.2. The highest BCUT2D eigenvalue weighted by Crippen LogP contribution is 2.25. The molecule has 0 amide bonds. The lowest BCUT2D eigenvalue weighted by Gasteiger charge is -2.22. The van der Waals surface area contributed by atoms with Gasteiger partial charge < -0.3 is 13.9 Å². The monoisotopic (exact) mass is 486 g/mol. The zero-order chi connectivity index (χ0) is 22.2. The summed E-state index contributed by atoms with van der Waals surface area (Å²) in [6.07, 6.45) is 1.49. The molecule has 31 heavy (non-hydrogen) atoms. The first kappa shape index (κ1) is 23.2. The van der Waals surface area contributed by atoms with Gasteiger partial charge in [0, 0.05) is 23.0 Å². The fraction of sp³-hybridized carbons (Fsp3) is 0.333. The Bertz CT molecular complexity index is 1000. The van der Waals surface area contributed by atoms with Gasteiger partial charge in [-0.1, -0.05) is 34.1 Å². The number of aryl methyl sites for hydroxylation is 1. The lowest BCUT2D eigenvalue weighted by Crippen LogP contribution is -2.28. The number of hydrogen-bond acceptors (Lipinski definition) is 6. The van der Waals surface area contributed by atoms with E-state index in [9.17, 15) is 4.79 Å². The number of carbonyl (C=O) groups is 1. The van der Waals surface area contributed by atoms with Crippen LogP contribution in [0.15, 0.2) is 57.4 Å². The third-order valence-corrected chi connectivity index (χ3v) is 4.96. The molecule has 2 aromatic carbocycles. The molecule has 0 N–H and O–H groups in total. The van der Waals surface area contributed by atoms with Crippen LogP contribution >= 0.6 is 15.9 Å². The summed E-state index contributed by atoms with van der Waals surface area (Å²) in [5.41, 5.74) is 2.82. The molecule has 0 aliphatic rings. The number of halogens is 1. The zero-order valence-corrected chi connectivity index (χ0v) is 19.6. The normalized spacial score (nSPS) is 11.3. The van der Waals surface area contributed by atoms with E-state index in [0.29, 0.717) is 25.5 Å². The molecule has 0 aliphatic carbocycles. The summed E-state index contributed by atoms with van der Waals surface area (Å²) in [5.74, 6) is 2.17. The quantitative estimate of drug-likeness (QED) is 0.268. The average Bonchev–Trinajstić information content (AvgIpc) is 3.09. The Kier molecular flexibility index (Phi) is 8.40. The Morgan fingerprint density at radius 1 is 1.19 bits per heavy atom. The number of hydrogen-bond donors (Lipinski definition) is 0. The minimum Gasteiger partial charge on any atom is -0.493 e. The molecule has 0 bridgehead atoms. The highest BCUT2D eigenvalue weighted by molar-refractivity contribution is 9.10. The molecule has 3 rings (SSSR count). The van der Waals surface area contributed by atoms with E-state index in [1.165, 1.54) is 0 Å². The number of ether oxygens (including phenoxy) is 1. The minimum absolute atomic E-state index is 0.00646. The maximum atomic E-state index is 10.9. The van der Waals surface area contributed by atoms with Crippen molar-refractivity contribution in [2.75, 3.05) is 13.2 Å². The smallest absolute Gasteiger partial charge is 0.226 e. The Morgan fingerprint density at radius 3 is 2.74 bits per heavy atom. The van der Waals surface area contributed by atoms with Crippen LogP contribution in [0.2, 0.25) is 0 Å². The number of benzene rings is 2. The largest absolute Gasteiger partial charge is 0.493 e. The second kappa shape index (κ2) is 11.2. The maximum absolute atomic E-state index is 10.9. The van der Waals surface area contributed by atoms with Gasteiger partial charge in [0.15, 0.2) is 0 Å². The number of nitrogens with zero attached hydrogens (tertiary/aromatic N) is 2. The van der Waals surface area contributed by atoms with Crippen molar-refractivity contribution in [3.05, 3.63) is 70.0 Å². The second-order valence-electron chi connectivity index (χ2n) is 7.42. The van der Waals surface area contributed by atoms with E-state index in [1.54, 1.807) is 5.06 Å². The molecule has 3 aromatic rings. The third kappa shape index (κ3) is 7.02. The van der Waals surface area contributed by atoms with E-state index >= 15 is 0 Å². The topological polar surface area (TPSA) is 64.8 Å². The molecule has 1 aromatic heterocycles. The molecule has 0 unspecified atom stereocenters. The lowest BCUT2D eigenvalue weighted by molar-refractivity contribution is -0.191. The standard InChI is InChI=1S/C24H27BrN2O4/c1-17(2)31-27(11-12-28)16-19-6-4-9-22(14-19)29-13-10-23-18(3)30-24(26-23)20-7-5-8-21(25)15-20/h4-9,12,14-15,17H,10-11,13,16H2,1-3H3. The molecule has 7 heteroatoms. The highest BCUT2D eigenvalue weighted by atomic mass is 79.9. The van der Waals surface area contributed by atoms with Crippen LogP contribution in [0.1, 0.15) is 30.9 Å². The van der Waals surface area contributed by atoms with E-state index < -0.39 is 0 Å². The second-order valence-corrected chi connectivity index (χ2v) is 8.34. The molecule has 0 fully saturated rings. The number of hydroxylamine groups is 2. The molecular weight excluding hydrogens is 460 g/mol. The van der Waals surface area contributed by atoms with E-state index in [2.05, 4.69) is 20.9 Å². The van der Waals surface area contributed by atoms with Gasteiger partial charge in [-0.25, -0.2) is 4.98 Å². The molecule has 1 heterocycles. The van der Waals surface area contributed by atoms with Crippen LogP contribution in [0.3, 0.4) is 0 Å². The van der Waals surface area contributed by atoms with Crippen LogP contribution in [0.5, 0.6) is 5.75 Å². The van der Waals surface area contributed by atoms with E-state index in [-0.39, 0.29) is 12.6 Å². The molecule has 0 saturated heterocycles. The summed E-state index contributed by atoms with van der Waals surface area (Å²) in [4.78, 5) is 21.2. The molecule has 6 nitrogen and oxygen atoms in total. The molecule has 0 radical (unpaired) electrons. The average molecular weight is 487 g/mol. The number of rotatable bonds is 11. The zero-order valence-electron chi connectivity index (χ0n) is 18.0. The fourth-order valence-electron chi connectivity index (χ4n) is 3.13. The van der Waals surface area contributed by atoms with Crippen molar-refractivity contribution < 1.29 is 18.8 Å². The van der Waals surface area contributed by atoms with Crippen molar-refractivity contribution in [2.24, 2.45) is 0 Å². The summed E-state index contributed by atoms with van der Waals surface area (Å²) in [5, 5.41) is 1.65. The van der Waals surface area contributed by atoms with Crippen LogP contribution < -0.4 is 4.74 Å². The Morgan fingerprint density at radius 2 is 2.00 bits per heavy atom. The molecule has 0 aliphatic heterocycles. The number of aldehydes is 1. The molecule has 0 atom stereocenters. The van der Waals surface area contributed by atoms with Crippen LogP contribution in [0.4, 0.5) is 0 Å². The van der Waals surface area contributed by atoms with Gasteiger partial charge in [-0.05, 0) is 56.7 Å². The minimum atomic E-state index is 0.00646. The Hall–Kier alpha value is -2.48. The van der Waals surface area contributed by atoms with E-state index in [1.807, 2.05) is 69.3 Å². The van der Waals surface area contributed by atoms with E-state index in [4.69, 9.17) is 14.0 Å². The third-order valence-electron chi connectivity index (χ3n) is 4.47. The van der Waals surface area contributed by atoms with Crippen molar-refractivity contribution >= 4 is 22.2 Å². The van der Waals surface area contributed by atoms with Gasteiger partial charge in [0.25, 0.3) is 0 Å². The van der Waals surface area contributed by atoms with Gasteiger partial charge >= 0.3 is 0 Å². The first-order chi connectivity index (χ1) is 14.9.